The van der Waals surface area contributed by atoms with E-state index in [9.17, 15) is 9.59 Å². The molecule has 3 heterocycles. The molecule has 1 unspecified atom stereocenters. The first-order valence-electron chi connectivity index (χ1n) is 8.73. The molecule has 25 heavy (non-hydrogen) atoms. The lowest BCUT2D eigenvalue weighted by atomic mass is 10.2. The van der Waals surface area contributed by atoms with Gasteiger partial charge < -0.3 is 19.2 Å². The highest BCUT2D eigenvalue weighted by atomic mass is 16.3. The summed E-state index contributed by atoms with van der Waals surface area (Å²) in [7, 11) is 0. The van der Waals surface area contributed by atoms with Gasteiger partial charge in [-0.1, -0.05) is 6.92 Å². The van der Waals surface area contributed by atoms with Crippen LogP contribution < -0.4 is 5.32 Å². The minimum atomic E-state index is -0.0987. The Morgan fingerprint density at radius 2 is 2.24 bits per heavy atom. The molecule has 0 fully saturated rings. The van der Waals surface area contributed by atoms with Crippen LogP contribution in [0, 0.1) is 0 Å². The number of rotatable bonds is 6. The van der Waals surface area contributed by atoms with Crippen LogP contribution in [0.5, 0.6) is 0 Å². The number of amides is 2. The second-order valence-corrected chi connectivity index (χ2v) is 6.33. The molecular weight excluding hydrogens is 320 g/mol. The summed E-state index contributed by atoms with van der Waals surface area (Å²) in [4.78, 5) is 30.8. The van der Waals surface area contributed by atoms with Gasteiger partial charge in [-0.05, 0) is 25.5 Å². The van der Waals surface area contributed by atoms with E-state index in [4.69, 9.17) is 4.42 Å². The largest absolute Gasteiger partial charge is 0.467 e. The maximum atomic E-state index is 12.2. The Labute approximate surface area is 147 Å². The van der Waals surface area contributed by atoms with Crippen molar-refractivity contribution in [3.05, 3.63) is 41.9 Å². The first-order valence-corrected chi connectivity index (χ1v) is 8.73. The van der Waals surface area contributed by atoms with Gasteiger partial charge in [0.25, 0.3) is 0 Å². The lowest BCUT2D eigenvalue weighted by Gasteiger charge is -2.33. The van der Waals surface area contributed by atoms with E-state index in [1.54, 1.807) is 12.3 Å². The van der Waals surface area contributed by atoms with Crippen LogP contribution in [0.15, 0.2) is 29.0 Å². The van der Waals surface area contributed by atoms with E-state index in [-0.39, 0.29) is 24.3 Å². The highest BCUT2D eigenvalue weighted by Gasteiger charge is 2.29. The van der Waals surface area contributed by atoms with Crippen molar-refractivity contribution in [1.29, 1.82) is 0 Å². The van der Waals surface area contributed by atoms with Gasteiger partial charge in [-0.2, -0.15) is 0 Å². The summed E-state index contributed by atoms with van der Waals surface area (Å²) >= 11 is 0. The molecule has 0 saturated heterocycles. The Hall–Kier alpha value is -2.57. The molecule has 2 amide bonds. The van der Waals surface area contributed by atoms with Gasteiger partial charge in [-0.15, -0.1) is 0 Å². The van der Waals surface area contributed by atoms with Crippen molar-refractivity contribution in [2.75, 3.05) is 6.54 Å². The second-order valence-electron chi connectivity index (χ2n) is 6.33. The van der Waals surface area contributed by atoms with Crippen LogP contribution in [0.25, 0.3) is 0 Å². The average molecular weight is 344 g/mol. The number of hydrogen-bond acceptors (Lipinski definition) is 4. The number of nitrogens with one attached hydrogen (secondary N) is 1. The van der Waals surface area contributed by atoms with Crippen LogP contribution in [-0.4, -0.2) is 32.8 Å². The van der Waals surface area contributed by atoms with Gasteiger partial charge in [0.2, 0.25) is 11.8 Å². The molecule has 0 spiro atoms. The third kappa shape index (κ3) is 3.92. The fourth-order valence-corrected chi connectivity index (χ4v) is 3.16. The zero-order chi connectivity index (χ0) is 17.8. The van der Waals surface area contributed by atoms with Gasteiger partial charge in [0.1, 0.15) is 11.6 Å². The third-order valence-corrected chi connectivity index (χ3v) is 4.45. The van der Waals surface area contributed by atoms with Crippen LogP contribution in [0.2, 0.25) is 0 Å². The standard InChI is InChI=1S/C18H24N4O3/c1-3-5-17(24)22-8-7-21-12-14(20-18(21)13(22)2)10-16(23)19-11-15-6-4-9-25-15/h4,6,9,12-13H,3,5,7-8,10-11H2,1-2H3,(H,19,23). The van der Waals surface area contributed by atoms with Crippen LogP contribution in [-0.2, 0) is 29.1 Å². The second kappa shape index (κ2) is 7.55. The first kappa shape index (κ1) is 17.3. The predicted molar refractivity (Wildman–Crippen MR) is 91.5 cm³/mol. The third-order valence-electron chi connectivity index (χ3n) is 4.45. The molecule has 1 aliphatic rings. The number of aromatic nitrogens is 2. The quantitative estimate of drug-likeness (QED) is 0.869. The SMILES string of the molecule is CCCC(=O)N1CCn2cc(CC(=O)NCc3ccco3)nc2C1C. The molecule has 7 nitrogen and oxygen atoms in total. The van der Waals surface area contributed by atoms with Crippen LogP contribution in [0.4, 0.5) is 0 Å². The van der Waals surface area contributed by atoms with Gasteiger partial charge in [-0.25, -0.2) is 4.98 Å². The van der Waals surface area contributed by atoms with Gasteiger partial charge in [0.05, 0.1) is 31.0 Å². The molecular formula is C18H24N4O3. The molecule has 0 radical (unpaired) electrons. The number of carbonyl (C=O) groups is 2. The summed E-state index contributed by atoms with van der Waals surface area (Å²) in [6, 6.07) is 3.55. The van der Waals surface area contributed by atoms with E-state index >= 15 is 0 Å². The highest BCUT2D eigenvalue weighted by molar-refractivity contribution is 5.78. The Kier molecular flexibility index (Phi) is 5.21. The fraction of sp³-hybridized carbons (Fsp3) is 0.500. The minimum absolute atomic E-state index is 0.0623. The number of furan rings is 1. The average Bonchev–Trinajstić information content (AvgIpc) is 3.23. The topological polar surface area (TPSA) is 80.4 Å². The molecule has 2 aromatic rings. The number of nitrogens with zero attached hydrogens (tertiary/aromatic N) is 3. The van der Waals surface area contributed by atoms with Crippen LogP contribution >= 0.6 is 0 Å². The molecule has 1 atom stereocenters. The molecule has 7 heteroatoms. The Morgan fingerprint density at radius 3 is 2.96 bits per heavy atom. The molecule has 2 aromatic heterocycles. The van der Waals surface area contributed by atoms with Crippen molar-refractivity contribution >= 4 is 11.8 Å². The van der Waals surface area contributed by atoms with E-state index in [1.165, 1.54) is 0 Å². The number of hydrogen-bond donors (Lipinski definition) is 1. The van der Waals surface area contributed by atoms with Crippen molar-refractivity contribution in [2.24, 2.45) is 0 Å². The van der Waals surface area contributed by atoms with Crippen LogP contribution in [0.3, 0.4) is 0 Å². The minimum Gasteiger partial charge on any atom is -0.467 e. The summed E-state index contributed by atoms with van der Waals surface area (Å²) in [5, 5.41) is 2.82. The van der Waals surface area contributed by atoms with Crippen molar-refractivity contribution in [3.63, 3.8) is 0 Å². The number of carbonyl (C=O) groups excluding carboxylic acids is 2. The normalized spacial score (nSPS) is 16.6. The van der Waals surface area contributed by atoms with Gasteiger partial charge in [0, 0.05) is 25.7 Å². The lowest BCUT2D eigenvalue weighted by molar-refractivity contribution is -0.134. The molecule has 1 N–H and O–H groups in total. The van der Waals surface area contributed by atoms with E-state index in [0.29, 0.717) is 19.5 Å². The summed E-state index contributed by atoms with van der Waals surface area (Å²) in [5.74, 6) is 1.64. The fourth-order valence-electron chi connectivity index (χ4n) is 3.16. The van der Waals surface area contributed by atoms with Crippen molar-refractivity contribution in [3.8, 4) is 0 Å². The molecule has 3 rings (SSSR count). The van der Waals surface area contributed by atoms with Gasteiger partial charge in [-0.3, -0.25) is 9.59 Å². The molecule has 0 aliphatic carbocycles. The molecule has 1 aliphatic heterocycles. The van der Waals surface area contributed by atoms with E-state index < -0.39 is 0 Å². The van der Waals surface area contributed by atoms with E-state index in [1.807, 2.05) is 31.0 Å². The zero-order valence-electron chi connectivity index (χ0n) is 14.7. The monoisotopic (exact) mass is 344 g/mol. The Balaban J connectivity index is 1.61. The predicted octanol–water partition coefficient (Wildman–Crippen LogP) is 2.04. The van der Waals surface area contributed by atoms with Crippen molar-refractivity contribution < 1.29 is 14.0 Å². The first-order chi connectivity index (χ1) is 12.1. The van der Waals surface area contributed by atoms with Crippen LogP contribution in [0.1, 0.15) is 50.0 Å². The number of imidazole rings is 1. The van der Waals surface area contributed by atoms with Crippen molar-refractivity contribution in [2.45, 2.75) is 52.2 Å². The molecule has 0 bridgehead atoms. The maximum Gasteiger partial charge on any atom is 0.226 e. The summed E-state index contributed by atoms with van der Waals surface area (Å²) < 4.78 is 7.25. The molecule has 0 saturated carbocycles. The zero-order valence-corrected chi connectivity index (χ0v) is 14.7. The number of fused-ring (bicyclic) bond motifs is 1. The van der Waals surface area contributed by atoms with E-state index in [0.717, 1.165) is 30.2 Å². The molecule has 0 aromatic carbocycles. The smallest absolute Gasteiger partial charge is 0.226 e. The van der Waals surface area contributed by atoms with E-state index in [2.05, 4.69) is 14.9 Å². The Bertz CT molecular complexity index is 736. The van der Waals surface area contributed by atoms with Gasteiger partial charge >= 0.3 is 0 Å². The van der Waals surface area contributed by atoms with Gasteiger partial charge in [0.15, 0.2) is 0 Å². The maximum absolute atomic E-state index is 12.2. The summed E-state index contributed by atoms with van der Waals surface area (Å²) in [6.45, 7) is 5.78. The Morgan fingerprint density at radius 1 is 1.40 bits per heavy atom. The summed E-state index contributed by atoms with van der Waals surface area (Å²) in [5.41, 5.74) is 0.726. The highest BCUT2D eigenvalue weighted by Crippen LogP contribution is 2.25. The summed E-state index contributed by atoms with van der Waals surface area (Å²) in [6.07, 6.45) is 5.12. The van der Waals surface area contributed by atoms with Crippen molar-refractivity contribution in [1.82, 2.24) is 19.8 Å². The molecule has 134 valence electrons. The lowest BCUT2D eigenvalue weighted by Crippen LogP contribution is -2.40.